The molecule has 1 atom stereocenters. The number of hydrogen-bond donors (Lipinski definition) is 1. The summed E-state index contributed by atoms with van der Waals surface area (Å²) in [5.41, 5.74) is 2.24. The predicted octanol–water partition coefficient (Wildman–Crippen LogP) is 4.43. The summed E-state index contributed by atoms with van der Waals surface area (Å²) in [7, 11) is -2.59. The second-order valence-electron chi connectivity index (χ2n) is 10.2. The van der Waals surface area contributed by atoms with Gasteiger partial charge in [-0.2, -0.15) is 0 Å². The lowest BCUT2D eigenvalue weighted by Gasteiger charge is -2.32. The Labute approximate surface area is 238 Å². The predicted molar refractivity (Wildman–Crippen MR) is 158 cm³/mol. The Balaban J connectivity index is 1.96. The maximum absolute atomic E-state index is 13.9. The van der Waals surface area contributed by atoms with Gasteiger partial charge in [-0.3, -0.25) is 13.9 Å². The van der Waals surface area contributed by atoms with Gasteiger partial charge >= 0.3 is 0 Å². The van der Waals surface area contributed by atoms with Crippen molar-refractivity contribution in [3.63, 3.8) is 0 Å². The van der Waals surface area contributed by atoms with Crippen molar-refractivity contribution >= 4 is 27.5 Å². The van der Waals surface area contributed by atoms with Crippen LogP contribution in [-0.2, 0) is 26.0 Å². The number of aryl methyl sites for hydroxylation is 1. The van der Waals surface area contributed by atoms with Gasteiger partial charge in [0, 0.05) is 13.1 Å². The molecule has 214 valence electrons. The number of anilines is 1. The molecule has 0 saturated heterocycles. The van der Waals surface area contributed by atoms with E-state index in [1.54, 1.807) is 43.3 Å². The zero-order chi connectivity index (χ0) is 29.3. The molecule has 0 aromatic heterocycles. The van der Waals surface area contributed by atoms with Crippen molar-refractivity contribution in [2.24, 2.45) is 5.92 Å². The molecule has 0 bridgehead atoms. The summed E-state index contributed by atoms with van der Waals surface area (Å²) in [6.45, 7) is 7.78. The molecule has 0 aliphatic rings. The van der Waals surface area contributed by atoms with Crippen molar-refractivity contribution < 1.29 is 22.7 Å². The number of ether oxygens (including phenoxy) is 1. The molecule has 40 heavy (non-hydrogen) atoms. The number of carbonyl (C=O) groups is 2. The van der Waals surface area contributed by atoms with Crippen LogP contribution in [0.15, 0.2) is 83.8 Å². The molecule has 0 fully saturated rings. The van der Waals surface area contributed by atoms with Gasteiger partial charge in [-0.25, -0.2) is 8.42 Å². The highest BCUT2D eigenvalue weighted by molar-refractivity contribution is 7.92. The highest BCUT2D eigenvalue weighted by Gasteiger charge is 2.32. The monoisotopic (exact) mass is 565 g/mol. The van der Waals surface area contributed by atoms with Crippen LogP contribution in [0.1, 0.15) is 31.9 Å². The van der Waals surface area contributed by atoms with E-state index < -0.39 is 28.5 Å². The molecule has 1 N–H and O–H groups in total. The minimum atomic E-state index is -4.11. The van der Waals surface area contributed by atoms with Crippen LogP contribution in [-0.4, -0.2) is 57.9 Å². The van der Waals surface area contributed by atoms with E-state index in [4.69, 9.17) is 4.74 Å². The number of methoxy groups -OCH3 is 1. The first kappa shape index (κ1) is 30.7. The Bertz CT molecular complexity index is 1360. The Morgan fingerprint density at radius 1 is 0.900 bits per heavy atom. The van der Waals surface area contributed by atoms with Crippen molar-refractivity contribution in [1.82, 2.24) is 10.2 Å². The SMILES string of the molecule is COc1ccc(N(CC(=O)N(CCc2ccccc2)C(C)C(=O)NCC(C)C)S(=O)(=O)c2ccc(C)cc2)cc1. The number of hydrogen-bond acceptors (Lipinski definition) is 5. The Morgan fingerprint density at radius 2 is 1.52 bits per heavy atom. The van der Waals surface area contributed by atoms with Crippen LogP contribution in [0.2, 0.25) is 0 Å². The molecule has 3 aromatic carbocycles. The molecular weight excluding hydrogens is 526 g/mol. The second kappa shape index (κ2) is 14.0. The maximum Gasteiger partial charge on any atom is 0.264 e. The fourth-order valence-electron chi connectivity index (χ4n) is 4.14. The number of nitrogens with zero attached hydrogens (tertiary/aromatic N) is 2. The van der Waals surface area contributed by atoms with Gasteiger partial charge < -0.3 is 15.0 Å². The molecule has 2 amide bonds. The molecular formula is C31H39N3O5S. The van der Waals surface area contributed by atoms with Gasteiger partial charge in [-0.1, -0.05) is 61.9 Å². The minimum Gasteiger partial charge on any atom is -0.497 e. The lowest BCUT2D eigenvalue weighted by atomic mass is 10.1. The van der Waals surface area contributed by atoms with Gasteiger partial charge in [0.15, 0.2) is 0 Å². The van der Waals surface area contributed by atoms with E-state index in [-0.39, 0.29) is 23.3 Å². The third-order valence-electron chi connectivity index (χ3n) is 6.58. The fourth-order valence-corrected chi connectivity index (χ4v) is 5.55. The molecule has 3 rings (SSSR count). The van der Waals surface area contributed by atoms with Gasteiger partial charge in [0.25, 0.3) is 10.0 Å². The lowest BCUT2D eigenvalue weighted by Crippen LogP contribution is -2.52. The number of amides is 2. The van der Waals surface area contributed by atoms with Gasteiger partial charge in [0.1, 0.15) is 18.3 Å². The van der Waals surface area contributed by atoms with E-state index in [1.807, 2.05) is 51.1 Å². The van der Waals surface area contributed by atoms with Crippen LogP contribution in [0.25, 0.3) is 0 Å². The van der Waals surface area contributed by atoms with Gasteiger partial charge in [0.2, 0.25) is 11.8 Å². The van der Waals surface area contributed by atoms with Crippen molar-refractivity contribution in [3.05, 3.63) is 90.0 Å². The third kappa shape index (κ3) is 8.08. The van der Waals surface area contributed by atoms with Gasteiger partial charge in [-0.15, -0.1) is 0 Å². The normalized spacial score (nSPS) is 12.1. The van der Waals surface area contributed by atoms with Crippen LogP contribution < -0.4 is 14.4 Å². The van der Waals surface area contributed by atoms with Crippen molar-refractivity contribution in [2.45, 2.75) is 45.1 Å². The zero-order valence-electron chi connectivity index (χ0n) is 23.8. The van der Waals surface area contributed by atoms with E-state index in [9.17, 15) is 18.0 Å². The van der Waals surface area contributed by atoms with E-state index in [2.05, 4.69) is 5.32 Å². The standard InChI is InChI=1S/C31H39N3O5S/c1-23(2)21-32-31(36)25(4)33(20-19-26-9-7-6-8-10-26)30(35)22-34(27-13-15-28(39-5)16-14-27)40(37,38)29-17-11-24(3)12-18-29/h6-18,23,25H,19-22H2,1-5H3,(H,32,36). The average Bonchev–Trinajstić information content (AvgIpc) is 2.95. The summed E-state index contributed by atoms with van der Waals surface area (Å²) in [5.74, 6) is 0.0414. The third-order valence-corrected chi connectivity index (χ3v) is 8.37. The number of rotatable bonds is 13. The lowest BCUT2D eigenvalue weighted by molar-refractivity contribution is -0.138. The number of benzene rings is 3. The quantitative estimate of drug-likeness (QED) is 0.331. The highest BCUT2D eigenvalue weighted by atomic mass is 32.2. The molecule has 0 aliphatic carbocycles. The highest BCUT2D eigenvalue weighted by Crippen LogP contribution is 2.26. The number of carbonyl (C=O) groups excluding carboxylic acids is 2. The molecule has 0 saturated carbocycles. The summed E-state index contributed by atoms with van der Waals surface area (Å²) in [6.07, 6.45) is 0.516. The summed E-state index contributed by atoms with van der Waals surface area (Å²) < 4.78 is 34.1. The molecule has 0 spiro atoms. The summed E-state index contributed by atoms with van der Waals surface area (Å²) in [4.78, 5) is 28.5. The van der Waals surface area contributed by atoms with Crippen LogP contribution in [0.5, 0.6) is 5.75 Å². The Kier molecular flexibility index (Phi) is 10.7. The van der Waals surface area contributed by atoms with E-state index in [0.29, 0.717) is 24.4 Å². The zero-order valence-corrected chi connectivity index (χ0v) is 24.6. The summed E-state index contributed by atoms with van der Waals surface area (Å²) in [6, 6.07) is 21.8. The second-order valence-corrected chi connectivity index (χ2v) is 12.0. The van der Waals surface area contributed by atoms with Crippen LogP contribution in [0.4, 0.5) is 5.69 Å². The molecule has 1 unspecified atom stereocenters. The van der Waals surface area contributed by atoms with Crippen LogP contribution >= 0.6 is 0 Å². The van der Waals surface area contributed by atoms with E-state index >= 15 is 0 Å². The Morgan fingerprint density at radius 3 is 2.10 bits per heavy atom. The topological polar surface area (TPSA) is 96.0 Å². The first-order valence-electron chi connectivity index (χ1n) is 13.4. The number of nitrogens with one attached hydrogen (secondary N) is 1. The maximum atomic E-state index is 13.9. The Hall–Kier alpha value is -3.85. The van der Waals surface area contributed by atoms with Crippen molar-refractivity contribution in [2.75, 3.05) is 31.0 Å². The number of sulfonamides is 1. The minimum absolute atomic E-state index is 0.0697. The molecule has 0 aliphatic heterocycles. The first-order chi connectivity index (χ1) is 19.0. The average molecular weight is 566 g/mol. The van der Waals surface area contributed by atoms with E-state index in [1.165, 1.54) is 24.1 Å². The molecule has 3 aromatic rings. The van der Waals surface area contributed by atoms with Crippen molar-refractivity contribution in [1.29, 1.82) is 0 Å². The fraction of sp³-hybridized carbons (Fsp3) is 0.355. The smallest absolute Gasteiger partial charge is 0.264 e. The van der Waals surface area contributed by atoms with E-state index in [0.717, 1.165) is 15.4 Å². The molecule has 0 radical (unpaired) electrons. The largest absolute Gasteiger partial charge is 0.497 e. The van der Waals surface area contributed by atoms with Crippen molar-refractivity contribution in [3.8, 4) is 5.75 Å². The summed E-state index contributed by atoms with van der Waals surface area (Å²) >= 11 is 0. The van der Waals surface area contributed by atoms with Crippen LogP contribution in [0, 0.1) is 12.8 Å². The summed E-state index contributed by atoms with van der Waals surface area (Å²) in [5, 5.41) is 2.90. The van der Waals surface area contributed by atoms with Gasteiger partial charge in [-0.05, 0) is 68.1 Å². The molecule has 9 heteroatoms. The first-order valence-corrected chi connectivity index (χ1v) is 14.8. The van der Waals surface area contributed by atoms with Gasteiger partial charge in [0.05, 0.1) is 17.7 Å². The van der Waals surface area contributed by atoms with Crippen LogP contribution in [0.3, 0.4) is 0 Å². The molecule has 0 heterocycles. The molecule has 8 nitrogen and oxygen atoms in total.